The first-order chi connectivity index (χ1) is 15.0. The van der Waals surface area contributed by atoms with Crippen molar-refractivity contribution in [2.24, 2.45) is 0 Å². The van der Waals surface area contributed by atoms with E-state index in [1.165, 1.54) is 0 Å². The molecule has 8 heteroatoms. The second-order valence-corrected chi connectivity index (χ2v) is 7.50. The molecule has 1 amide bonds. The Balaban J connectivity index is 1.61. The lowest BCUT2D eigenvalue weighted by Crippen LogP contribution is -2.26. The highest BCUT2D eigenvalue weighted by molar-refractivity contribution is 9.10. The Morgan fingerprint density at radius 3 is 2.39 bits per heavy atom. The molecular formula is C23H16BrN3O4. The molecule has 7 nitrogen and oxygen atoms in total. The van der Waals surface area contributed by atoms with E-state index in [2.05, 4.69) is 26.3 Å². The molecule has 154 valence electrons. The smallest absolute Gasteiger partial charge is 0.359 e. The summed E-state index contributed by atoms with van der Waals surface area (Å²) >= 11 is 3.33. The third-order valence-electron chi connectivity index (χ3n) is 4.44. The van der Waals surface area contributed by atoms with Gasteiger partial charge in [-0.1, -0.05) is 58.4 Å². The topological polar surface area (TPSA) is 90.3 Å². The Bertz CT molecular complexity index is 1340. The Labute approximate surface area is 185 Å². The van der Waals surface area contributed by atoms with Gasteiger partial charge < -0.3 is 10.1 Å². The molecule has 1 N–H and O–H groups in total. The first kappa shape index (κ1) is 20.5. The minimum Gasteiger partial charge on any atom is -0.451 e. The molecule has 0 aliphatic rings. The van der Waals surface area contributed by atoms with Crippen molar-refractivity contribution in [3.63, 3.8) is 0 Å². The highest BCUT2D eigenvalue weighted by Gasteiger charge is 2.19. The summed E-state index contributed by atoms with van der Waals surface area (Å²) in [5.41, 5.74) is 0.677. The molecule has 4 rings (SSSR count). The molecule has 0 atom stereocenters. The molecule has 0 spiro atoms. The quantitative estimate of drug-likeness (QED) is 0.439. The summed E-state index contributed by atoms with van der Waals surface area (Å²) in [5, 5.41) is 7.57. The maximum Gasteiger partial charge on any atom is 0.359 e. The molecule has 0 unspecified atom stereocenters. The van der Waals surface area contributed by atoms with Crippen molar-refractivity contribution in [3.05, 3.63) is 99.4 Å². The van der Waals surface area contributed by atoms with E-state index in [4.69, 9.17) is 4.74 Å². The van der Waals surface area contributed by atoms with Gasteiger partial charge in [0.1, 0.15) is 0 Å². The number of ether oxygens (including phenoxy) is 1. The van der Waals surface area contributed by atoms with Crippen LogP contribution in [0.25, 0.3) is 16.5 Å². The number of hydrogen-bond donors (Lipinski definition) is 1. The van der Waals surface area contributed by atoms with Gasteiger partial charge in [-0.15, -0.1) is 0 Å². The summed E-state index contributed by atoms with van der Waals surface area (Å²) < 4.78 is 7.15. The molecule has 0 aliphatic carbocycles. The maximum absolute atomic E-state index is 12.9. The Morgan fingerprint density at radius 2 is 1.65 bits per heavy atom. The lowest BCUT2D eigenvalue weighted by molar-refractivity contribution is -0.119. The number of aromatic nitrogens is 2. The molecule has 1 aromatic heterocycles. The lowest BCUT2D eigenvalue weighted by Gasteiger charge is -2.11. The number of benzene rings is 3. The van der Waals surface area contributed by atoms with Crippen LogP contribution in [0.5, 0.6) is 0 Å². The van der Waals surface area contributed by atoms with Crippen molar-refractivity contribution in [1.29, 1.82) is 0 Å². The van der Waals surface area contributed by atoms with Crippen molar-refractivity contribution in [2.75, 3.05) is 11.9 Å². The van der Waals surface area contributed by atoms with Gasteiger partial charge in [0.25, 0.3) is 11.5 Å². The normalized spacial score (nSPS) is 10.6. The van der Waals surface area contributed by atoms with E-state index in [0.717, 1.165) is 9.15 Å². The predicted molar refractivity (Wildman–Crippen MR) is 120 cm³/mol. The Kier molecular flexibility index (Phi) is 5.90. The predicted octanol–water partition coefficient (Wildman–Crippen LogP) is 3.94. The Hall–Kier alpha value is -3.78. The third-order valence-corrected chi connectivity index (χ3v) is 4.94. The molecule has 0 radical (unpaired) electrons. The average Bonchev–Trinajstić information content (AvgIpc) is 2.78. The summed E-state index contributed by atoms with van der Waals surface area (Å²) in [6, 6.07) is 22.5. The van der Waals surface area contributed by atoms with Crippen LogP contribution >= 0.6 is 15.9 Å². The molecule has 0 aliphatic heterocycles. The average molecular weight is 478 g/mol. The fourth-order valence-corrected chi connectivity index (χ4v) is 3.45. The monoisotopic (exact) mass is 477 g/mol. The number of hydrogen-bond acceptors (Lipinski definition) is 5. The molecule has 0 bridgehead atoms. The van der Waals surface area contributed by atoms with E-state index in [9.17, 15) is 14.4 Å². The summed E-state index contributed by atoms with van der Waals surface area (Å²) in [6.45, 7) is -0.494. The van der Waals surface area contributed by atoms with Crippen LogP contribution in [0.1, 0.15) is 10.5 Å². The lowest BCUT2D eigenvalue weighted by atomic mass is 10.1. The first-order valence-corrected chi connectivity index (χ1v) is 10.1. The van der Waals surface area contributed by atoms with Crippen LogP contribution in [0, 0.1) is 0 Å². The van der Waals surface area contributed by atoms with Crippen LogP contribution in [0.4, 0.5) is 5.69 Å². The number of anilines is 1. The number of para-hydroxylation sites is 1. The van der Waals surface area contributed by atoms with E-state index in [1.807, 2.05) is 12.1 Å². The number of esters is 1. The van der Waals surface area contributed by atoms with Gasteiger partial charge in [0.2, 0.25) is 0 Å². The summed E-state index contributed by atoms with van der Waals surface area (Å²) in [5.74, 6) is -1.29. The van der Waals surface area contributed by atoms with Crippen LogP contribution in [-0.4, -0.2) is 28.3 Å². The van der Waals surface area contributed by atoms with Crippen LogP contribution < -0.4 is 10.9 Å². The number of amides is 1. The van der Waals surface area contributed by atoms with Gasteiger partial charge in [-0.05, 0) is 36.4 Å². The maximum atomic E-state index is 12.9. The van der Waals surface area contributed by atoms with Crippen molar-refractivity contribution in [2.45, 2.75) is 0 Å². The van der Waals surface area contributed by atoms with Gasteiger partial charge in [-0.2, -0.15) is 9.78 Å². The highest BCUT2D eigenvalue weighted by atomic mass is 79.9. The Morgan fingerprint density at radius 1 is 0.935 bits per heavy atom. The summed E-state index contributed by atoms with van der Waals surface area (Å²) in [7, 11) is 0. The van der Waals surface area contributed by atoms with E-state index in [0.29, 0.717) is 22.1 Å². The zero-order valence-electron chi connectivity index (χ0n) is 16.1. The molecule has 3 aromatic carbocycles. The van der Waals surface area contributed by atoms with E-state index >= 15 is 0 Å². The van der Waals surface area contributed by atoms with Gasteiger partial charge in [-0.3, -0.25) is 9.59 Å². The molecule has 4 aromatic rings. The van der Waals surface area contributed by atoms with Gasteiger partial charge in [-0.25, -0.2) is 4.79 Å². The van der Waals surface area contributed by atoms with Gasteiger partial charge in [0.15, 0.2) is 12.3 Å². The fraction of sp³-hybridized carbons (Fsp3) is 0.0435. The second-order valence-electron chi connectivity index (χ2n) is 6.58. The molecule has 0 fully saturated rings. The standard InChI is InChI=1S/C23H16BrN3O4/c24-15-7-6-8-16(13-15)25-20(28)14-31-23(30)21-18-11-4-5-12-19(18)22(29)27(26-21)17-9-2-1-3-10-17/h1-13H,14H2,(H,25,28). The largest absolute Gasteiger partial charge is 0.451 e. The van der Waals surface area contributed by atoms with Crippen molar-refractivity contribution >= 4 is 44.3 Å². The van der Waals surface area contributed by atoms with Crippen molar-refractivity contribution < 1.29 is 14.3 Å². The zero-order valence-corrected chi connectivity index (χ0v) is 17.7. The number of carbonyl (C=O) groups is 2. The first-order valence-electron chi connectivity index (χ1n) is 9.33. The number of fused-ring (bicyclic) bond motifs is 1. The van der Waals surface area contributed by atoms with Crippen molar-refractivity contribution in [3.8, 4) is 5.69 Å². The van der Waals surface area contributed by atoms with E-state index in [1.54, 1.807) is 66.7 Å². The number of nitrogens with zero attached hydrogens (tertiary/aromatic N) is 2. The van der Waals surface area contributed by atoms with Gasteiger partial charge >= 0.3 is 5.97 Å². The van der Waals surface area contributed by atoms with Crippen LogP contribution in [0.3, 0.4) is 0 Å². The minimum atomic E-state index is -0.801. The third kappa shape index (κ3) is 4.54. The van der Waals surface area contributed by atoms with E-state index in [-0.39, 0.29) is 11.3 Å². The molecule has 31 heavy (non-hydrogen) atoms. The minimum absolute atomic E-state index is 0.0469. The molecule has 0 saturated carbocycles. The molecule has 1 heterocycles. The van der Waals surface area contributed by atoms with Gasteiger partial charge in [0, 0.05) is 15.5 Å². The summed E-state index contributed by atoms with van der Waals surface area (Å²) in [6.07, 6.45) is 0. The zero-order chi connectivity index (χ0) is 21.8. The number of halogens is 1. The van der Waals surface area contributed by atoms with Crippen LogP contribution in [-0.2, 0) is 9.53 Å². The number of carbonyl (C=O) groups excluding carboxylic acids is 2. The van der Waals surface area contributed by atoms with E-state index < -0.39 is 18.5 Å². The highest BCUT2D eigenvalue weighted by Crippen LogP contribution is 2.17. The van der Waals surface area contributed by atoms with Crippen molar-refractivity contribution in [1.82, 2.24) is 9.78 Å². The molecular weight excluding hydrogens is 462 g/mol. The molecule has 0 saturated heterocycles. The van der Waals surface area contributed by atoms with Crippen LogP contribution in [0.15, 0.2) is 88.1 Å². The fourth-order valence-electron chi connectivity index (χ4n) is 3.05. The van der Waals surface area contributed by atoms with Crippen LogP contribution in [0.2, 0.25) is 0 Å². The number of nitrogens with one attached hydrogen (secondary N) is 1. The summed E-state index contributed by atoms with van der Waals surface area (Å²) in [4.78, 5) is 37.8. The SMILES string of the molecule is O=C(COC(=O)c1nn(-c2ccccc2)c(=O)c2ccccc12)Nc1cccc(Br)c1. The number of rotatable bonds is 5. The second kappa shape index (κ2) is 8.93. The van der Waals surface area contributed by atoms with Gasteiger partial charge in [0.05, 0.1) is 11.1 Å².